The molecule has 1 amide bonds. The fourth-order valence-corrected chi connectivity index (χ4v) is 2.35. The normalized spacial score (nSPS) is 11.0. The quantitative estimate of drug-likeness (QED) is 0.736. The van der Waals surface area contributed by atoms with Gasteiger partial charge in [-0.15, -0.1) is 0 Å². The number of halogens is 1. The summed E-state index contributed by atoms with van der Waals surface area (Å²) in [5.41, 5.74) is 1.80. The highest BCUT2D eigenvalue weighted by molar-refractivity contribution is 5.93. The van der Waals surface area contributed by atoms with Crippen LogP contribution in [0.15, 0.2) is 30.3 Å². The number of amides is 1. The first kappa shape index (κ1) is 17.1. The number of H-pyrrole nitrogens is 1. The van der Waals surface area contributed by atoms with Crippen LogP contribution in [-0.2, 0) is 0 Å². The highest BCUT2D eigenvalue weighted by atomic mass is 19.1. The summed E-state index contributed by atoms with van der Waals surface area (Å²) in [5, 5.41) is 9.71. The molecule has 0 fully saturated rings. The predicted octanol–water partition coefficient (Wildman–Crippen LogP) is 2.68. The monoisotopic (exact) mass is 318 g/mol. The molecule has 2 aromatic rings. The lowest BCUT2D eigenvalue weighted by Crippen LogP contribution is -2.30. The second-order valence-corrected chi connectivity index (χ2v) is 5.31. The minimum atomic E-state index is -0.296. The summed E-state index contributed by atoms with van der Waals surface area (Å²) < 4.78 is 12.9. The number of nitrogens with zero attached hydrogens (tertiary/aromatic N) is 2. The van der Waals surface area contributed by atoms with E-state index >= 15 is 0 Å². The molecule has 0 aliphatic carbocycles. The number of rotatable bonds is 8. The van der Waals surface area contributed by atoms with Crippen LogP contribution >= 0.6 is 0 Å². The van der Waals surface area contributed by atoms with Crippen LogP contribution in [0.4, 0.5) is 4.39 Å². The van der Waals surface area contributed by atoms with Crippen LogP contribution < -0.4 is 5.32 Å². The van der Waals surface area contributed by atoms with E-state index in [1.165, 1.54) is 12.1 Å². The van der Waals surface area contributed by atoms with E-state index < -0.39 is 0 Å². The van der Waals surface area contributed by atoms with E-state index in [1.54, 1.807) is 18.2 Å². The number of aromatic amines is 1. The van der Waals surface area contributed by atoms with Gasteiger partial charge in [0.15, 0.2) is 0 Å². The van der Waals surface area contributed by atoms with E-state index in [0.717, 1.165) is 31.6 Å². The summed E-state index contributed by atoms with van der Waals surface area (Å²) in [6.07, 6.45) is 0.909. The molecule has 0 aliphatic rings. The topological polar surface area (TPSA) is 61.0 Å². The fraction of sp³-hybridized carbons (Fsp3) is 0.412. The predicted molar refractivity (Wildman–Crippen MR) is 88.7 cm³/mol. The second kappa shape index (κ2) is 8.43. The Morgan fingerprint density at radius 1 is 1.26 bits per heavy atom. The Balaban J connectivity index is 1.85. The number of benzene rings is 1. The van der Waals surface area contributed by atoms with Gasteiger partial charge in [-0.05, 0) is 56.4 Å². The summed E-state index contributed by atoms with van der Waals surface area (Å²) in [6.45, 7) is 7.89. The van der Waals surface area contributed by atoms with Crippen LogP contribution in [0.3, 0.4) is 0 Å². The lowest BCUT2D eigenvalue weighted by molar-refractivity contribution is 0.0947. The Bertz CT molecular complexity index is 620. The van der Waals surface area contributed by atoms with Gasteiger partial charge < -0.3 is 10.2 Å². The zero-order valence-electron chi connectivity index (χ0n) is 13.6. The molecule has 0 unspecified atom stereocenters. The lowest BCUT2D eigenvalue weighted by Gasteiger charge is -2.17. The molecule has 0 atom stereocenters. The van der Waals surface area contributed by atoms with Gasteiger partial charge in [0, 0.05) is 12.1 Å². The van der Waals surface area contributed by atoms with Gasteiger partial charge in [-0.25, -0.2) is 4.39 Å². The van der Waals surface area contributed by atoms with Crippen LogP contribution in [-0.4, -0.2) is 47.2 Å². The number of carbonyl (C=O) groups excluding carboxylic acids is 1. The molecule has 5 nitrogen and oxygen atoms in total. The van der Waals surface area contributed by atoms with Crippen molar-refractivity contribution in [3.8, 4) is 11.3 Å². The van der Waals surface area contributed by atoms with Crippen LogP contribution in [0.1, 0.15) is 30.8 Å². The summed E-state index contributed by atoms with van der Waals surface area (Å²) in [4.78, 5) is 14.4. The first-order valence-corrected chi connectivity index (χ1v) is 7.96. The van der Waals surface area contributed by atoms with Gasteiger partial charge in [-0.3, -0.25) is 9.89 Å². The van der Waals surface area contributed by atoms with E-state index in [0.29, 0.717) is 17.9 Å². The number of aromatic nitrogens is 2. The van der Waals surface area contributed by atoms with Crippen LogP contribution in [0.5, 0.6) is 0 Å². The Hall–Kier alpha value is -2.21. The molecule has 2 rings (SSSR count). The maximum absolute atomic E-state index is 12.9. The number of hydrogen-bond acceptors (Lipinski definition) is 3. The van der Waals surface area contributed by atoms with Crippen molar-refractivity contribution in [1.29, 1.82) is 0 Å². The zero-order valence-corrected chi connectivity index (χ0v) is 13.6. The molecule has 2 N–H and O–H groups in total. The SMILES string of the molecule is CCN(CC)CCCNC(=O)c1cc(-c2ccc(F)cc2)n[nH]1. The third-order valence-corrected chi connectivity index (χ3v) is 3.79. The van der Waals surface area contributed by atoms with Gasteiger partial charge in [-0.2, -0.15) is 5.10 Å². The molecule has 1 aromatic carbocycles. The minimum Gasteiger partial charge on any atom is -0.351 e. The molecule has 0 bridgehead atoms. The molecule has 124 valence electrons. The molecular formula is C17H23FN4O. The number of hydrogen-bond donors (Lipinski definition) is 2. The van der Waals surface area contributed by atoms with Crippen LogP contribution in [0.25, 0.3) is 11.3 Å². The minimum absolute atomic E-state index is 0.176. The average Bonchev–Trinajstić information content (AvgIpc) is 3.05. The van der Waals surface area contributed by atoms with Gasteiger partial charge in [0.1, 0.15) is 11.5 Å². The molecule has 6 heteroatoms. The van der Waals surface area contributed by atoms with E-state index in [9.17, 15) is 9.18 Å². The first-order chi connectivity index (χ1) is 11.1. The van der Waals surface area contributed by atoms with E-state index in [1.807, 2.05) is 0 Å². The van der Waals surface area contributed by atoms with E-state index in [-0.39, 0.29) is 11.7 Å². The van der Waals surface area contributed by atoms with Crippen molar-refractivity contribution in [2.24, 2.45) is 0 Å². The van der Waals surface area contributed by atoms with Crippen molar-refractivity contribution in [3.05, 3.63) is 41.8 Å². The molecule has 0 aliphatic heterocycles. The average molecular weight is 318 g/mol. The van der Waals surface area contributed by atoms with Crippen molar-refractivity contribution >= 4 is 5.91 Å². The van der Waals surface area contributed by atoms with Crippen molar-refractivity contribution < 1.29 is 9.18 Å². The van der Waals surface area contributed by atoms with Gasteiger partial charge in [0.2, 0.25) is 0 Å². The molecular weight excluding hydrogens is 295 g/mol. The molecule has 1 heterocycles. The molecule has 0 radical (unpaired) electrons. The maximum atomic E-state index is 12.9. The van der Waals surface area contributed by atoms with Gasteiger partial charge in [-0.1, -0.05) is 13.8 Å². The smallest absolute Gasteiger partial charge is 0.269 e. The largest absolute Gasteiger partial charge is 0.351 e. The van der Waals surface area contributed by atoms with Crippen LogP contribution in [0, 0.1) is 5.82 Å². The third-order valence-electron chi connectivity index (χ3n) is 3.79. The molecule has 0 saturated heterocycles. The van der Waals surface area contributed by atoms with Crippen LogP contribution in [0.2, 0.25) is 0 Å². The van der Waals surface area contributed by atoms with Gasteiger partial charge >= 0.3 is 0 Å². The highest BCUT2D eigenvalue weighted by Gasteiger charge is 2.10. The van der Waals surface area contributed by atoms with Crippen molar-refractivity contribution in [3.63, 3.8) is 0 Å². The summed E-state index contributed by atoms with van der Waals surface area (Å²) in [6, 6.07) is 7.69. The number of carbonyl (C=O) groups is 1. The lowest BCUT2D eigenvalue weighted by atomic mass is 10.1. The molecule has 0 spiro atoms. The van der Waals surface area contributed by atoms with Crippen molar-refractivity contribution in [2.45, 2.75) is 20.3 Å². The van der Waals surface area contributed by atoms with Crippen molar-refractivity contribution in [2.75, 3.05) is 26.2 Å². The number of nitrogens with one attached hydrogen (secondary N) is 2. The summed E-state index contributed by atoms with van der Waals surface area (Å²) >= 11 is 0. The zero-order chi connectivity index (χ0) is 16.7. The van der Waals surface area contributed by atoms with Gasteiger partial charge in [0.05, 0.1) is 5.69 Å². The van der Waals surface area contributed by atoms with E-state index in [2.05, 4.69) is 34.3 Å². The fourth-order valence-electron chi connectivity index (χ4n) is 2.35. The standard InChI is InChI=1S/C17H23FN4O/c1-3-22(4-2)11-5-10-19-17(23)16-12-15(20-21-16)13-6-8-14(18)9-7-13/h6-9,12H,3-5,10-11H2,1-2H3,(H,19,23)(H,20,21). The summed E-state index contributed by atoms with van der Waals surface area (Å²) in [5.74, 6) is -0.471. The molecule has 0 saturated carbocycles. The summed E-state index contributed by atoms with van der Waals surface area (Å²) in [7, 11) is 0. The Kier molecular flexibility index (Phi) is 6.29. The van der Waals surface area contributed by atoms with E-state index in [4.69, 9.17) is 0 Å². The second-order valence-electron chi connectivity index (χ2n) is 5.31. The molecule has 1 aromatic heterocycles. The Labute approximate surface area is 135 Å². The third kappa shape index (κ3) is 4.89. The van der Waals surface area contributed by atoms with Crippen molar-refractivity contribution in [1.82, 2.24) is 20.4 Å². The Morgan fingerprint density at radius 2 is 1.96 bits per heavy atom. The maximum Gasteiger partial charge on any atom is 0.269 e. The molecule has 23 heavy (non-hydrogen) atoms. The first-order valence-electron chi connectivity index (χ1n) is 7.96. The highest BCUT2D eigenvalue weighted by Crippen LogP contribution is 2.17. The van der Waals surface area contributed by atoms with Gasteiger partial charge in [0.25, 0.3) is 5.91 Å². The Morgan fingerprint density at radius 3 is 2.61 bits per heavy atom.